The number of benzene rings is 2. The van der Waals surface area contributed by atoms with Crippen LogP contribution in [0.2, 0.25) is 5.02 Å². The van der Waals surface area contributed by atoms with E-state index < -0.39 is 11.9 Å². The molecule has 0 saturated carbocycles. The molecule has 0 aliphatic rings. The van der Waals surface area contributed by atoms with E-state index in [0.717, 1.165) is 11.3 Å². The lowest BCUT2D eigenvalue weighted by Crippen LogP contribution is -2.13. The Balaban J connectivity index is 2.03. The Labute approximate surface area is 183 Å². The number of ether oxygens (including phenoxy) is 2. The molecule has 0 amide bonds. The van der Waals surface area contributed by atoms with Crippen LogP contribution in [0.25, 0.3) is 28.0 Å². The van der Waals surface area contributed by atoms with Gasteiger partial charge in [-0.2, -0.15) is 5.10 Å². The van der Waals surface area contributed by atoms with Gasteiger partial charge in [0.1, 0.15) is 5.69 Å². The molecular weight excluding hydrogens is 418 g/mol. The van der Waals surface area contributed by atoms with E-state index in [-0.39, 0.29) is 17.7 Å². The van der Waals surface area contributed by atoms with Crippen LogP contribution in [0.5, 0.6) is 0 Å². The van der Waals surface area contributed by atoms with Crippen molar-refractivity contribution in [2.75, 3.05) is 14.2 Å². The number of pyridine rings is 1. The van der Waals surface area contributed by atoms with E-state index in [9.17, 15) is 9.59 Å². The number of fused-ring (bicyclic) bond motifs is 1. The number of nitrogens with zero attached hydrogens (tertiary/aromatic N) is 3. The first-order valence-electron chi connectivity index (χ1n) is 9.41. The Bertz CT molecular complexity index is 1270. The van der Waals surface area contributed by atoms with Crippen molar-refractivity contribution in [3.63, 3.8) is 0 Å². The molecule has 4 rings (SSSR count). The summed E-state index contributed by atoms with van der Waals surface area (Å²) in [6.45, 7) is 0. The van der Waals surface area contributed by atoms with Crippen LogP contribution in [0.15, 0.2) is 60.7 Å². The summed E-state index contributed by atoms with van der Waals surface area (Å²) in [5, 5.41) is 6.01. The average molecular weight is 436 g/mol. The number of carbonyl (C=O) groups excluding carboxylic acids is 2. The van der Waals surface area contributed by atoms with Gasteiger partial charge in [0, 0.05) is 16.0 Å². The fourth-order valence-corrected chi connectivity index (χ4v) is 3.40. The van der Waals surface area contributed by atoms with E-state index in [1.165, 1.54) is 14.2 Å². The van der Waals surface area contributed by atoms with Crippen LogP contribution >= 0.6 is 11.6 Å². The number of esters is 2. The van der Waals surface area contributed by atoms with Gasteiger partial charge in [-0.15, -0.1) is 0 Å². The first-order chi connectivity index (χ1) is 15.0. The molecule has 7 nitrogen and oxygen atoms in total. The molecule has 2 aromatic carbocycles. The van der Waals surface area contributed by atoms with Gasteiger partial charge in [0.05, 0.1) is 37.6 Å². The molecule has 2 heterocycles. The zero-order valence-corrected chi connectivity index (χ0v) is 17.6. The van der Waals surface area contributed by atoms with Crippen molar-refractivity contribution in [2.45, 2.75) is 6.42 Å². The zero-order chi connectivity index (χ0) is 22.0. The normalized spacial score (nSPS) is 10.8. The second-order valence-corrected chi connectivity index (χ2v) is 7.14. The van der Waals surface area contributed by atoms with Gasteiger partial charge in [0.2, 0.25) is 0 Å². The summed E-state index contributed by atoms with van der Waals surface area (Å²) in [7, 11) is 2.56. The molecule has 0 unspecified atom stereocenters. The second kappa shape index (κ2) is 8.57. The second-order valence-electron chi connectivity index (χ2n) is 6.70. The monoisotopic (exact) mass is 435 g/mol. The number of para-hydroxylation sites is 1. The highest BCUT2D eigenvalue weighted by Gasteiger charge is 2.23. The number of hydrogen-bond donors (Lipinski definition) is 0. The lowest BCUT2D eigenvalue weighted by molar-refractivity contribution is -0.139. The highest BCUT2D eigenvalue weighted by molar-refractivity contribution is 6.30. The molecule has 31 heavy (non-hydrogen) atoms. The number of methoxy groups -OCH3 is 2. The molecule has 8 heteroatoms. The van der Waals surface area contributed by atoms with Crippen molar-refractivity contribution in [3.05, 3.63) is 76.9 Å². The minimum atomic E-state index is -0.595. The smallest absolute Gasteiger partial charge is 0.339 e. The summed E-state index contributed by atoms with van der Waals surface area (Å²) in [5.41, 5.74) is 3.16. The van der Waals surface area contributed by atoms with Crippen LogP contribution in [0.4, 0.5) is 0 Å². The first-order valence-corrected chi connectivity index (χ1v) is 9.78. The van der Waals surface area contributed by atoms with Gasteiger partial charge in [-0.05, 0) is 30.3 Å². The number of aromatic nitrogens is 3. The molecule has 0 aliphatic heterocycles. The van der Waals surface area contributed by atoms with E-state index in [4.69, 9.17) is 26.2 Å². The van der Waals surface area contributed by atoms with Crippen molar-refractivity contribution in [3.8, 4) is 16.9 Å². The molecule has 0 fully saturated rings. The van der Waals surface area contributed by atoms with Crippen molar-refractivity contribution >= 4 is 34.6 Å². The predicted octanol–water partition coefficient (Wildman–Crippen LogP) is 4.24. The van der Waals surface area contributed by atoms with E-state index in [0.29, 0.717) is 21.7 Å². The molecular formula is C23H18ClN3O4. The van der Waals surface area contributed by atoms with Crippen LogP contribution in [-0.4, -0.2) is 40.9 Å². The molecule has 0 bridgehead atoms. The summed E-state index contributed by atoms with van der Waals surface area (Å²) in [6.07, 6.45) is -0.173. The third-order valence-electron chi connectivity index (χ3n) is 4.80. The molecule has 156 valence electrons. The maximum atomic E-state index is 12.5. The fraction of sp³-hybridized carbons (Fsp3) is 0.130. The van der Waals surface area contributed by atoms with Gasteiger partial charge in [0.25, 0.3) is 0 Å². The van der Waals surface area contributed by atoms with E-state index in [1.807, 2.05) is 42.5 Å². The molecule has 0 aliphatic carbocycles. The van der Waals surface area contributed by atoms with E-state index in [2.05, 4.69) is 4.98 Å². The van der Waals surface area contributed by atoms with Crippen molar-refractivity contribution in [1.29, 1.82) is 0 Å². The zero-order valence-electron chi connectivity index (χ0n) is 16.8. The Hall–Kier alpha value is -3.71. The maximum absolute atomic E-state index is 12.5. The number of rotatable bonds is 5. The molecule has 0 atom stereocenters. The van der Waals surface area contributed by atoms with Crippen LogP contribution in [-0.2, 0) is 20.7 Å². The maximum Gasteiger partial charge on any atom is 0.339 e. The SMILES string of the molecule is COC(=O)Cc1nc2c(cc1C(=O)OC)c(-c1ccc(Cl)cc1)nn2-c1ccccc1. The van der Waals surface area contributed by atoms with Crippen molar-refractivity contribution in [2.24, 2.45) is 0 Å². The van der Waals surface area contributed by atoms with Gasteiger partial charge in [-0.3, -0.25) is 4.79 Å². The molecule has 4 aromatic rings. The lowest BCUT2D eigenvalue weighted by atomic mass is 10.1. The van der Waals surface area contributed by atoms with Crippen LogP contribution in [0.3, 0.4) is 0 Å². The molecule has 0 saturated heterocycles. The summed E-state index contributed by atoms with van der Waals surface area (Å²) in [6, 6.07) is 18.4. The minimum Gasteiger partial charge on any atom is -0.469 e. The lowest BCUT2D eigenvalue weighted by Gasteiger charge is -2.08. The third-order valence-corrected chi connectivity index (χ3v) is 5.05. The summed E-state index contributed by atoms with van der Waals surface area (Å²) >= 11 is 6.04. The fourth-order valence-electron chi connectivity index (χ4n) is 3.28. The van der Waals surface area contributed by atoms with Crippen molar-refractivity contribution in [1.82, 2.24) is 14.8 Å². The van der Waals surface area contributed by atoms with Gasteiger partial charge < -0.3 is 9.47 Å². The standard InChI is InChI=1S/C23H18ClN3O4/c1-30-20(28)13-19-17(23(29)31-2)12-18-21(14-8-10-15(24)11-9-14)26-27(22(18)25-19)16-6-4-3-5-7-16/h3-12H,13H2,1-2H3. The highest BCUT2D eigenvalue weighted by atomic mass is 35.5. The van der Waals surface area contributed by atoms with E-state index >= 15 is 0 Å². The predicted molar refractivity (Wildman–Crippen MR) is 116 cm³/mol. The largest absolute Gasteiger partial charge is 0.469 e. The Morgan fingerprint density at radius 2 is 1.71 bits per heavy atom. The number of hydrogen-bond acceptors (Lipinski definition) is 6. The topological polar surface area (TPSA) is 83.3 Å². The number of halogens is 1. The van der Waals surface area contributed by atoms with Crippen molar-refractivity contribution < 1.29 is 19.1 Å². The van der Waals surface area contributed by atoms with Gasteiger partial charge in [-0.1, -0.05) is 41.9 Å². The summed E-state index contributed by atoms with van der Waals surface area (Å²) < 4.78 is 11.4. The van der Waals surface area contributed by atoms with Gasteiger partial charge in [0.15, 0.2) is 5.65 Å². The van der Waals surface area contributed by atoms with Gasteiger partial charge >= 0.3 is 11.9 Å². The summed E-state index contributed by atoms with van der Waals surface area (Å²) in [4.78, 5) is 29.0. The summed E-state index contributed by atoms with van der Waals surface area (Å²) in [5.74, 6) is -1.11. The highest BCUT2D eigenvalue weighted by Crippen LogP contribution is 2.31. The van der Waals surface area contributed by atoms with Crippen LogP contribution in [0.1, 0.15) is 16.1 Å². The quantitative estimate of drug-likeness (QED) is 0.436. The average Bonchev–Trinajstić information content (AvgIpc) is 3.17. The molecule has 2 aromatic heterocycles. The minimum absolute atomic E-state index is 0.173. The molecule has 0 radical (unpaired) electrons. The molecule has 0 N–H and O–H groups in total. The Morgan fingerprint density at radius 1 is 1.00 bits per heavy atom. The first kappa shape index (κ1) is 20.6. The van der Waals surface area contributed by atoms with Crippen LogP contribution in [0, 0.1) is 0 Å². The van der Waals surface area contributed by atoms with E-state index in [1.54, 1.807) is 22.9 Å². The molecule has 0 spiro atoms. The Morgan fingerprint density at radius 3 is 2.35 bits per heavy atom. The van der Waals surface area contributed by atoms with Gasteiger partial charge in [-0.25, -0.2) is 14.5 Å². The number of carbonyl (C=O) groups is 2. The Kier molecular flexibility index (Phi) is 5.68. The van der Waals surface area contributed by atoms with Crippen LogP contribution < -0.4 is 0 Å². The third kappa shape index (κ3) is 4.00.